The molecule has 0 saturated carbocycles. The van der Waals surface area contributed by atoms with Gasteiger partial charge in [-0.05, 0) is 40.0 Å². The molecule has 0 heterocycles. The quantitative estimate of drug-likeness (QED) is 0.742. The first kappa shape index (κ1) is 14.0. The summed E-state index contributed by atoms with van der Waals surface area (Å²) in [6.45, 7) is 3.80. The molecule has 94 valence electrons. The Bertz CT molecular complexity index is 407. The number of aliphatic hydroxyl groups excluding tert-OH is 1. The van der Waals surface area contributed by atoms with Crippen LogP contribution in [0.3, 0.4) is 0 Å². The van der Waals surface area contributed by atoms with Gasteiger partial charge in [0, 0.05) is 10.2 Å². The maximum absolute atomic E-state index is 12.0. The minimum atomic E-state index is -0.254. The van der Waals surface area contributed by atoms with Crippen molar-refractivity contribution >= 4 is 27.5 Å². The van der Waals surface area contributed by atoms with E-state index in [4.69, 9.17) is 10.8 Å². The van der Waals surface area contributed by atoms with E-state index in [9.17, 15) is 4.79 Å². The monoisotopic (exact) mass is 300 g/mol. The molecule has 17 heavy (non-hydrogen) atoms. The van der Waals surface area contributed by atoms with Crippen molar-refractivity contribution in [1.29, 1.82) is 0 Å². The third-order valence-corrected chi connectivity index (χ3v) is 3.24. The number of hydrogen-bond acceptors (Lipinski definition) is 3. The lowest BCUT2D eigenvalue weighted by Crippen LogP contribution is -2.41. The van der Waals surface area contributed by atoms with Crippen LogP contribution in [0.25, 0.3) is 0 Å². The summed E-state index contributed by atoms with van der Waals surface area (Å²) in [7, 11) is 0. The number of rotatable bonds is 4. The zero-order valence-corrected chi connectivity index (χ0v) is 11.5. The van der Waals surface area contributed by atoms with Gasteiger partial charge in [0.2, 0.25) is 0 Å². The van der Waals surface area contributed by atoms with Gasteiger partial charge in [0.05, 0.1) is 18.2 Å². The number of aliphatic hydroxyl groups is 1. The maximum atomic E-state index is 12.0. The maximum Gasteiger partial charge on any atom is 0.252 e. The van der Waals surface area contributed by atoms with Gasteiger partial charge in [-0.3, -0.25) is 4.79 Å². The number of benzene rings is 1. The standard InChI is InChI=1S/C12H17BrN2O2/c1-7(2)11(6-16)15-12(17)9-5-8(14)3-4-10(9)13/h3-5,7,11,16H,6,14H2,1-2H3,(H,15,17)/t11-/m1/s1. The lowest BCUT2D eigenvalue weighted by molar-refractivity contribution is 0.0896. The Morgan fingerprint density at radius 3 is 2.71 bits per heavy atom. The number of nitrogen functional groups attached to an aromatic ring is 1. The van der Waals surface area contributed by atoms with Gasteiger partial charge < -0.3 is 16.2 Å². The van der Waals surface area contributed by atoms with E-state index in [-0.39, 0.29) is 24.5 Å². The van der Waals surface area contributed by atoms with E-state index < -0.39 is 0 Å². The van der Waals surface area contributed by atoms with Crippen LogP contribution in [-0.2, 0) is 0 Å². The first-order valence-corrected chi connectivity index (χ1v) is 6.21. The highest BCUT2D eigenvalue weighted by Gasteiger charge is 2.17. The molecule has 0 bridgehead atoms. The zero-order valence-electron chi connectivity index (χ0n) is 9.90. The molecule has 0 aliphatic carbocycles. The van der Waals surface area contributed by atoms with Gasteiger partial charge >= 0.3 is 0 Å². The molecular formula is C12H17BrN2O2. The topological polar surface area (TPSA) is 75.3 Å². The minimum absolute atomic E-state index is 0.0800. The van der Waals surface area contributed by atoms with E-state index in [1.807, 2.05) is 13.8 Å². The molecule has 0 aliphatic rings. The molecule has 4 nitrogen and oxygen atoms in total. The average molecular weight is 301 g/mol. The molecule has 0 spiro atoms. The highest BCUT2D eigenvalue weighted by Crippen LogP contribution is 2.19. The summed E-state index contributed by atoms with van der Waals surface area (Å²) < 4.78 is 0.685. The molecular weight excluding hydrogens is 284 g/mol. The molecule has 1 amide bonds. The van der Waals surface area contributed by atoms with E-state index in [1.54, 1.807) is 18.2 Å². The highest BCUT2D eigenvalue weighted by atomic mass is 79.9. The molecule has 1 rings (SSSR count). The summed E-state index contributed by atoms with van der Waals surface area (Å²) in [5.74, 6) is -0.0688. The van der Waals surface area contributed by atoms with Gasteiger partial charge in [-0.1, -0.05) is 13.8 Å². The number of halogens is 1. The van der Waals surface area contributed by atoms with Crippen LogP contribution in [-0.4, -0.2) is 23.7 Å². The fraction of sp³-hybridized carbons (Fsp3) is 0.417. The van der Waals surface area contributed by atoms with Crippen molar-refractivity contribution < 1.29 is 9.90 Å². The molecule has 4 N–H and O–H groups in total. The first-order valence-electron chi connectivity index (χ1n) is 5.42. The van der Waals surface area contributed by atoms with Gasteiger partial charge in [0.1, 0.15) is 0 Å². The van der Waals surface area contributed by atoms with Crippen LogP contribution in [0.1, 0.15) is 24.2 Å². The van der Waals surface area contributed by atoms with Crippen LogP contribution in [0.4, 0.5) is 5.69 Å². The number of anilines is 1. The number of carbonyl (C=O) groups excluding carboxylic acids is 1. The predicted octanol–water partition coefficient (Wildman–Crippen LogP) is 1.78. The second-order valence-electron chi connectivity index (χ2n) is 4.25. The summed E-state index contributed by atoms with van der Waals surface area (Å²) in [6.07, 6.45) is 0. The number of hydrogen-bond donors (Lipinski definition) is 3. The normalized spacial score (nSPS) is 12.5. The third-order valence-electron chi connectivity index (χ3n) is 2.55. The second-order valence-corrected chi connectivity index (χ2v) is 5.10. The van der Waals surface area contributed by atoms with Crippen molar-refractivity contribution in [3.63, 3.8) is 0 Å². The Morgan fingerprint density at radius 2 is 2.18 bits per heavy atom. The number of amides is 1. The fourth-order valence-electron chi connectivity index (χ4n) is 1.39. The summed E-state index contributed by atoms with van der Waals surface area (Å²) in [4.78, 5) is 12.0. The number of carbonyl (C=O) groups is 1. The van der Waals surface area contributed by atoms with Crippen LogP contribution in [0, 0.1) is 5.92 Å². The van der Waals surface area contributed by atoms with Crippen molar-refractivity contribution in [2.75, 3.05) is 12.3 Å². The summed E-state index contributed by atoms with van der Waals surface area (Å²) in [5.41, 5.74) is 6.65. The van der Waals surface area contributed by atoms with E-state index in [2.05, 4.69) is 21.2 Å². The molecule has 0 unspecified atom stereocenters. The average Bonchev–Trinajstić information content (AvgIpc) is 2.28. The van der Waals surface area contributed by atoms with Crippen LogP contribution in [0.15, 0.2) is 22.7 Å². The van der Waals surface area contributed by atoms with Crippen molar-refractivity contribution in [1.82, 2.24) is 5.32 Å². The Hall–Kier alpha value is -1.07. The zero-order chi connectivity index (χ0) is 13.0. The van der Waals surface area contributed by atoms with Gasteiger partial charge in [0.25, 0.3) is 5.91 Å². The Morgan fingerprint density at radius 1 is 1.53 bits per heavy atom. The highest BCUT2D eigenvalue weighted by molar-refractivity contribution is 9.10. The van der Waals surface area contributed by atoms with Crippen molar-refractivity contribution in [2.24, 2.45) is 5.92 Å². The van der Waals surface area contributed by atoms with Crippen LogP contribution < -0.4 is 11.1 Å². The van der Waals surface area contributed by atoms with E-state index in [1.165, 1.54) is 0 Å². The largest absolute Gasteiger partial charge is 0.399 e. The molecule has 0 aliphatic heterocycles. The molecule has 0 saturated heterocycles. The smallest absolute Gasteiger partial charge is 0.252 e. The predicted molar refractivity (Wildman–Crippen MR) is 71.7 cm³/mol. The molecule has 0 radical (unpaired) electrons. The number of nitrogens with one attached hydrogen (secondary N) is 1. The van der Waals surface area contributed by atoms with Gasteiger partial charge in [-0.15, -0.1) is 0 Å². The van der Waals surface area contributed by atoms with Crippen LogP contribution >= 0.6 is 15.9 Å². The Labute approximate surface area is 109 Å². The van der Waals surface area contributed by atoms with E-state index in [0.29, 0.717) is 15.7 Å². The lowest BCUT2D eigenvalue weighted by atomic mass is 10.0. The molecule has 1 atom stereocenters. The Balaban J connectivity index is 2.86. The van der Waals surface area contributed by atoms with Gasteiger partial charge in [-0.2, -0.15) is 0 Å². The van der Waals surface area contributed by atoms with Crippen molar-refractivity contribution in [2.45, 2.75) is 19.9 Å². The lowest BCUT2D eigenvalue weighted by Gasteiger charge is -2.20. The summed E-state index contributed by atoms with van der Waals surface area (Å²) >= 11 is 3.30. The SMILES string of the molecule is CC(C)[C@@H](CO)NC(=O)c1cc(N)ccc1Br. The van der Waals surface area contributed by atoms with Crippen molar-refractivity contribution in [3.05, 3.63) is 28.2 Å². The summed E-state index contributed by atoms with van der Waals surface area (Å²) in [6, 6.07) is 4.80. The molecule has 5 heteroatoms. The van der Waals surface area contributed by atoms with Crippen molar-refractivity contribution in [3.8, 4) is 0 Å². The van der Waals surface area contributed by atoms with E-state index in [0.717, 1.165) is 0 Å². The third kappa shape index (κ3) is 3.71. The number of nitrogens with two attached hydrogens (primary N) is 1. The van der Waals surface area contributed by atoms with Crippen LogP contribution in [0.5, 0.6) is 0 Å². The Kier molecular flexibility index (Phi) is 4.96. The molecule has 0 aromatic heterocycles. The first-order chi connectivity index (χ1) is 7.95. The molecule has 1 aromatic rings. The second kappa shape index (κ2) is 6.02. The minimum Gasteiger partial charge on any atom is -0.399 e. The van der Waals surface area contributed by atoms with Gasteiger partial charge in [-0.25, -0.2) is 0 Å². The fourth-order valence-corrected chi connectivity index (χ4v) is 1.81. The van der Waals surface area contributed by atoms with Crippen LogP contribution in [0.2, 0.25) is 0 Å². The van der Waals surface area contributed by atoms with E-state index >= 15 is 0 Å². The van der Waals surface area contributed by atoms with Gasteiger partial charge in [0.15, 0.2) is 0 Å². The summed E-state index contributed by atoms with van der Waals surface area (Å²) in [5, 5.41) is 11.9. The molecule has 0 fully saturated rings. The molecule has 1 aromatic carbocycles.